The maximum absolute atomic E-state index is 9.17. The topological polar surface area (TPSA) is 82.1 Å². The van der Waals surface area contributed by atoms with Crippen molar-refractivity contribution in [2.45, 2.75) is 13.8 Å². The van der Waals surface area contributed by atoms with E-state index in [0.29, 0.717) is 6.54 Å². The predicted molar refractivity (Wildman–Crippen MR) is 54.2 cm³/mol. The monoisotopic (exact) mass is 201 g/mol. The third-order valence-electron chi connectivity index (χ3n) is 2.95. The zero-order chi connectivity index (χ0) is 10.8. The molecule has 5 heteroatoms. The average Bonchev–Trinajstić information content (AvgIpc) is 2.39. The molecule has 1 fully saturated rings. The van der Waals surface area contributed by atoms with E-state index in [2.05, 4.69) is 23.9 Å². The van der Waals surface area contributed by atoms with Gasteiger partial charge in [-0.15, -0.1) is 0 Å². The Morgan fingerprint density at radius 2 is 2.29 bits per heavy atom. The van der Waals surface area contributed by atoms with E-state index >= 15 is 0 Å². The molecule has 0 aromatic rings. The summed E-state index contributed by atoms with van der Waals surface area (Å²) in [6.07, 6.45) is 0. The molecule has 1 atom stereocenters. The Balaban J connectivity index is 2.54. The number of nitrogens with two attached hydrogens (primary N) is 1. The van der Waals surface area contributed by atoms with Gasteiger partial charge in [0.1, 0.15) is 0 Å². The lowest BCUT2D eigenvalue weighted by atomic mass is 9.83. The standard InChI is InChI=1S/C9H19N3O2/c1-9(2)6-12(3-7(9)5-13)4-8(10)11-14/h7,13-14H,3-6H2,1-2H3,(H2,10,11)/t7-/m1/s1. The van der Waals surface area contributed by atoms with Gasteiger partial charge in [-0.3, -0.25) is 4.90 Å². The number of hydrogen-bond acceptors (Lipinski definition) is 4. The summed E-state index contributed by atoms with van der Waals surface area (Å²) < 4.78 is 0. The summed E-state index contributed by atoms with van der Waals surface area (Å²) in [5.41, 5.74) is 5.53. The molecule has 1 aliphatic heterocycles. The van der Waals surface area contributed by atoms with Crippen LogP contribution in [0.1, 0.15) is 13.8 Å². The van der Waals surface area contributed by atoms with Gasteiger partial charge in [-0.1, -0.05) is 19.0 Å². The van der Waals surface area contributed by atoms with E-state index in [-0.39, 0.29) is 23.8 Å². The first-order chi connectivity index (χ1) is 6.49. The molecule has 1 saturated heterocycles. The van der Waals surface area contributed by atoms with Gasteiger partial charge in [-0.05, 0) is 5.41 Å². The first-order valence-electron chi connectivity index (χ1n) is 4.79. The average molecular weight is 201 g/mol. The van der Waals surface area contributed by atoms with Crippen LogP contribution in [0.5, 0.6) is 0 Å². The number of amidine groups is 1. The second-order valence-electron chi connectivity index (χ2n) is 4.63. The van der Waals surface area contributed by atoms with E-state index < -0.39 is 0 Å². The van der Waals surface area contributed by atoms with Crippen molar-refractivity contribution in [2.24, 2.45) is 22.2 Å². The Morgan fingerprint density at radius 3 is 2.71 bits per heavy atom. The van der Waals surface area contributed by atoms with Crippen LogP contribution in [0.3, 0.4) is 0 Å². The zero-order valence-electron chi connectivity index (χ0n) is 8.77. The molecule has 14 heavy (non-hydrogen) atoms. The molecule has 0 radical (unpaired) electrons. The van der Waals surface area contributed by atoms with E-state index in [0.717, 1.165) is 13.1 Å². The van der Waals surface area contributed by atoms with Gasteiger partial charge in [0.2, 0.25) is 0 Å². The number of oxime groups is 1. The van der Waals surface area contributed by atoms with E-state index in [9.17, 15) is 5.11 Å². The van der Waals surface area contributed by atoms with Crippen molar-refractivity contribution < 1.29 is 10.3 Å². The smallest absolute Gasteiger partial charge is 0.153 e. The van der Waals surface area contributed by atoms with Crippen LogP contribution in [0.25, 0.3) is 0 Å². The van der Waals surface area contributed by atoms with E-state index in [1.54, 1.807) is 0 Å². The molecule has 1 rings (SSSR count). The molecule has 5 nitrogen and oxygen atoms in total. The maximum Gasteiger partial charge on any atom is 0.153 e. The lowest BCUT2D eigenvalue weighted by Crippen LogP contribution is -2.33. The SMILES string of the molecule is CC1(C)CN(CC(N)=NO)C[C@@H]1CO. The summed E-state index contributed by atoms with van der Waals surface area (Å²) >= 11 is 0. The van der Waals surface area contributed by atoms with Gasteiger partial charge >= 0.3 is 0 Å². The van der Waals surface area contributed by atoms with E-state index in [1.165, 1.54) is 0 Å². The minimum atomic E-state index is 0.102. The Morgan fingerprint density at radius 1 is 1.64 bits per heavy atom. The quantitative estimate of drug-likeness (QED) is 0.253. The van der Waals surface area contributed by atoms with Crippen LogP contribution in [0, 0.1) is 11.3 Å². The van der Waals surface area contributed by atoms with Crippen LogP contribution in [-0.4, -0.2) is 47.3 Å². The second-order valence-corrected chi connectivity index (χ2v) is 4.63. The summed E-state index contributed by atoms with van der Waals surface area (Å²) in [7, 11) is 0. The van der Waals surface area contributed by atoms with Crippen LogP contribution in [0.2, 0.25) is 0 Å². The summed E-state index contributed by atoms with van der Waals surface area (Å²) in [6, 6.07) is 0. The van der Waals surface area contributed by atoms with Crippen LogP contribution in [-0.2, 0) is 0 Å². The van der Waals surface area contributed by atoms with Gasteiger partial charge in [0.25, 0.3) is 0 Å². The molecule has 0 aliphatic carbocycles. The number of likely N-dealkylation sites (tertiary alicyclic amines) is 1. The van der Waals surface area contributed by atoms with Crippen LogP contribution in [0.15, 0.2) is 5.16 Å². The number of rotatable bonds is 3. The fourth-order valence-corrected chi connectivity index (χ4v) is 2.01. The highest BCUT2D eigenvalue weighted by Gasteiger charge is 2.38. The summed E-state index contributed by atoms with van der Waals surface area (Å²) in [5.74, 6) is 0.494. The van der Waals surface area contributed by atoms with E-state index in [1.807, 2.05) is 0 Å². The van der Waals surface area contributed by atoms with Gasteiger partial charge in [0.05, 0.1) is 6.54 Å². The number of nitrogens with zero attached hydrogens (tertiary/aromatic N) is 2. The highest BCUT2D eigenvalue weighted by molar-refractivity contribution is 5.81. The van der Waals surface area contributed by atoms with E-state index in [4.69, 9.17) is 10.9 Å². The molecule has 0 amide bonds. The zero-order valence-corrected chi connectivity index (χ0v) is 8.77. The number of aliphatic hydroxyl groups is 1. The van der Waals surface area contributed by atoms with Crippen LogP contribution in [0.4, 0.5) is 0 Å². The number of aliphatic hydroxyl groups excluding tert-OH is 1. The van der Waals surface area contributed by atoms with Crippen molar-refractivity contribution in [3.05, 3.63) is 0 Å². The predicted octanol–water partition coefficient (Wildman–Crippen LogP) is -0.317. The summed E-state index contributed by atoms with van der Waals surface area (Å²) in [4.78, 5) is 2.09. The molecule has 0 unspecified atom stereocenters. The Kier molecular flexibility index (Phi) is 3.34. The van der Waals surface area contributed by atoms with Gasteiger partial charge in [-0.2, -0.15) is 0 Å². The molecule has 82 valence electrons. The molecule has 0 saturated carbocycles. The third-order valence-corrected chi connectivity index (χ3v) is 2.95. The lowest BCUT2D eigenvalue weighted by Gasteiger charge is -2.23. The fourth-order valence-electron chi connectivity index (χ4n) is 2.01. The first-order valence-corrected chi connectivity index (χ1v) is 4.79. The van der Waals surface area contributed by atoms with Crippen molar-refractivity contribution >= 4 is 5.84 Å². The van der Waals surface area contributed by atoms with Crippen molar-refractivity contribution in [3.8, 4) is 0 Å². The highest BCUT2D eigenvalue weighted by atomic mass is 16.4. The molecule has 1 heterocycles. The minimum absolute atomic E-state index is 0.102. The molecule has 0 bridgehead atoms. The Bertz CT molecular complexity index is 228. The third kappa shape index (κ3) is 2.36. The largest absolute Gasteiger partial charge is 0.409 e. The van der Waals surface area contributed by atoms with Crippen LogP contribution >= 0.6 is 0 Å². The lowest BCUT2D eigenvalue weighted by molar-refractivity contribution is 0.161. The molecule has 0 aromatic heterocycles. The molecule has 1 aliphatic rings. The molecular weight excluding hydrogens is 182 g/mol. The molecule has 4 N–H and O–H groups in total. The first kappa shape index (κ1) is 11.3. The molecule has 0 aromatic carbocycles. The van der Waals surface area contributed by atoms with Gasteiger partial charge < -0.3 is 16.0 Å². The summed E-state index contributed by atoms with van der Waals surface area (Å²) in [5, 5.41) is 20.5. The van der Waals surface area contributed by atoms with Gasteiger partial charge in [-0.25, -0.2) is 0 Å². The van der Waals surface area contributed by atoms with Gasteiger partial charge in [0.15, 0.2) is 5.84 Å². The second kappa shape index (κ2) is 4.14. The van der Waals surface area contributed by atoms with Crippen molar-refractivity contribution in [3.63, 3.8) is 0 Å². The minimum Gasteiger partial charge on any atom is -0.409 e. The van der Waals surface area contributed by atoms with Crippen molar-refractivity contribution in [1.82, 2.24) is 4.90 Å². The van der Waals surface area contributed by atoms with Crippen molar-refractivity contribution in [2.75, 3.05) is 26.2 Å². The Labute approximate surface area is 84.2 Å². The molecule has 0 spiro atoms. The van der Waals surface area contributed by atoms with Gasteiger partial charge in [0, 0.05) is 25.6 Å². The highest BCUT2D eigenvalue weighted by Crippen LogP contribution is 2.34. The Hall–Kier alpha value is -0.810. The normalized spacial score (nSPS) is 28.2. The fraction of sp³-hybridized carbons (Fsp3) is 0.889. The maximum atomic E-state index is 9.17. The summed E-state index contributed by atoms with van der Waals surface area (Å²) in [6.45, 7) is 6.59. The number of hydrogen-bond donors (Lipinski definition) is 3. The van der Waals surface area contributed by atoms with Crippen LogP contribution < -0.4 is 5.73 Å². The molecular formula is C9H19N3O2. The van der Waals surface area contributed by atoms with Crippen molar-refractivity contribution in [1.29, 1.82) is 0 Å².